The maximum absolute atomic E-state index is 12.2. The van der Waals surface area contributed by atoms with Gasteiger partial charge in [0.1, 0.15) is 5.75 Å². The van der Waals surface area contributed by atoms with Crippen LogP contribution in [0.15, 0.2) is 42.7 Å². The third-order valence-corrected chi connectivity index (χ3v) is 3.98. The van der Waals surface area contributed by atoms with Crippen molar-refractivity contribution in [3.63, 3.8) is 0 Å². The van der Waals surface area contributed by atoms with E-state index in [9.17, 15) is 4.79 Å². The van der Waals surface area contributed by atoms with E-state index in [1.54, 1.807) is 18.2 Å². The minimum Gasteiger partial charge on any atom is -0.497 e. The van der Waals surface area contributed by atoms with Crippen LogP contribution in [0.25, 0.3) is 0 Å². The van der Waals surface area contributed by atoms with Gasteiger partial charge in [-0.2, -0.15) is 0 Å². The smallest absolute Gasteiger partial charge is 0.222 e. The third-order valence-electron chi connectivity index (χ3n) is 3.98. The first-order chi connectivity index (χ1) is 11.1. The largest absolute Gasteiger partial charge is 0.497 e. The van der Waals surface area contributed by atoms with Crippen LogP contribution in [0.4, 0.5) is 0 Å². The summed E-state index contributed by atoms with van der Waals surface area (Å²) in [7, 11) is 3.52. The van der Waals surface area contributed by atoms with Crippen molar-refractivity contribution in [2.45, 2.75) is 32.7 Å². The fraction of sp³-hybridized carbons (Fsp3) is 0.368. The van der Waals surface area contributed by atoms with Crippen molar-refractivity contribution >= 4 is 5.91 Å². The maximum atomic E-state index is 12.2. The molecule has 0 fully saturated rings. The normalized spacial score (nSPS) is 10.4. The molecule has 23 heavy (non-hydrogen) atoms. The van der Waals surface area contributed by atoms with Crippen LogP contribution in [0.2, 0.25) is 0 Å². The number of pyridine rings is 1. The molecule has 1 aromatic heterocycles. The Balaban J connectivity index is 1.78. The number of methoxy groups -OCH3 is 1. The van der Waals surface area contributed by atoms with Crippen LogP contribution in [0.3, 0.4) is 0 Å². The molecule has 1 amide bonds. The maximum Gasteiger partial charge on any atom is 0.222 e. The average molecular weight is 312 g/mol. The molecule has 2 aromatic rings. The lowest BCUT2D eigenvalue weighted by Gasteiger charge is -2.18. The second kappa shape index (κ2) is 8.32. The van der Waals surface area contributed by atoms with Gasteiger partial charge in [-0.25, -0.2) is 0 Å². The molecule has 0 bridgehead atoms. The summed E-state index contributed by atoms with van der Waals surface area (Å²) in [5, 5.41) is 0. The van der Waals surface area contributed by atoms with Crippen molar-refractivity contribution in [3.8, 4) is 5.75 Å². The molecule has 4 heteroatoms. The Morgan fingerprint density at radius 3 is 2.61 bits per heavy atom. The van der Waals surface area contributed by atoms with E-state index in [-0.39, 0.29) is 5.91 Å². The molecule has 4 nitrogen and oxygen atoms in total. The quantitative estimate of drug-likeness (QED) is 0.787. The number of nitrogens with zero attached hydrogens (tertiary/aromatic N) is 2. The Hall–Kier alpha value is -2.36. The number of carbonyl (C=O) groups excluding carboxylic acids is 1. The molecule has 2 rings (SSSR count). The molecule has 0 atom stereocenters. The van der Waals surface area contributed by atoms with Crippen molar-refractivity contribution in [2.24, 2.45) is 0 Å². The zero-order chi connectivity index (χ0) is 16.7. The first kappa shape index (κ1) is 17.0. The Bertz CT molecular complexity index is 638. The van der Waals surface area contributed by atoms with Gasteiger partial charge in [-0.05, 0) is 54.7 Å². The molecule has 0 saturated carbocycles. The molecule has 0 aliphatic heterocycles. The van der Waals surface area contributed by atoms with E-state index in [1.807, 2.05) is 50.5 Å². The van der Waals surface area contributed by atoms with Crippen molar-refractivity contribution in [1.29, 1.82) is 0 Å². The number of amides is 1. The number of benzene rings is 1. The fourth-order valence-electron chi connectivity index (χ4n) is 2.45. The molecule has 0 saturated heterocycles. The second-order valence-corrected chi connectivity index (χ2v) is 5.75. The second-order valence-electron chi connectivity index (χ2n) is 5.75. The number of carbonyl (C=O) groups is 1. The molecule has 0 unspecified atom stereocenters. The van der Waals surface area contributed by atoms with Crippen LogP contribution in [0.5, 0.6) is 5.75 Å². The summed E-state index contributed by atoms with van der Waals surface area (Å²) in [4.78, 5) is 18.1. The van der Waals surface area contributed by atoms with Gasteiger partial charge in [0.25, 0.3) is 0 Å². The summed E-state index contributed by atoms with van der Waals surface area (Å²) in [6, 6.07) is 9.97. The zero-order valence-corrected chi connectivity index (χ0v) is 14.1. The van der Waals surface area contributed by atoms with Gasteiger partial charge >= 0.3 is 0 Å². The lowest BCUT2D eigenvalue weighted by Crippen LogP contribution is -2.26. The number of aromatic nitrogens is 1. The van der Waals surface area contributed by atoms with E-state index in [2.05, 4.69) is 4.98 Å². The molecule has 0 radical (unpaired) electrons. The lowest BCUT2D eigenvalue weighted by atomic mass is 10.1. The van der Waals surface area contributed by atoms with Gasteiger partial charge in [-0.15, -0.1) is 0 Å². The highest BCUT2D eigenvalue weighted by Gasteiger charge is 2.10. The zero-order valence-electron chi connectivity index (χ0n) is 14.1. The minimum atomic E-state index is 0.176. The monoisotopic (exact) mass is 312 g/mol. The van der Waals surface area contributed by atoms with Gasteiger partial charge in [0.2, 0.25) is 5.91 Å². The van der Waals surface area contributed by atoms with Gasteiger partial charge in [-0.1, -0.05) is 12.1 Å². The number of rotatable bonds is 7. The number of aryl methyl sites for hydroxylation is 2. The lowest BCUT2D eigenvalue weighted by molar-refractivity contribution is -0.130. The molecular weight excluding hydrogens is 288 g/mol. The van der Waals surface area contributed by atoms with E-state index < -0.39 is 0 Å². The first-order valence-electron chi connectivity index (χ1n) is 7.86. The van der Waals surface area contributed by atoms with Crippen molar-refractivity contribution in [3.05, 3.63) is 59.4 Å². The van der Waals surface area contributed by atoms with Gasteiger partial charge in [-0.3, -0.25) is 9.78 Å². The minimum absolute atomic E-state index is 0.176. The van der Waals surface area contributed by atoms with Crippen LogP contribution in [0.1, 0.15) is 29.5 Å². The molecule has 1 aromatic carbocycles. The Morgan fingerprint density at radius 1 is 1.22 bits per heavy atom. The third kappa shape index (κ3) is 5.09. The highest BCUT2D eigenvalue weighted by Crippen LogP contribution is 2.14. The van der Waals surface area contributed by atoms with Crippen molar-refractivity contribution in [2.75, 3.05) is 14.2 Å². The van der Waals surface area contributed by atoms with Crippen molar-refractivity contribution in [1.82, 2.24) is 9.88 Å². The Labute approximate surface area is 138 Å². The summed E-state index contributed by atoms with van der Waals surface area (Å²) < 4.78 is 5.14. The van der Waals surface area contributed by atoms with E-state index in [4.69, 9.17) is 4.74 Å². The number of ether oxygens (including phenoxy) is 1. The number of hydrogen-bond donors (Lipinski definition) is 0. The highest BCUT2D eigenvalue weighted by molar-refractivity contribution is 5.75. The summed E-state index contributed by atoms with van der Waals surface area (Å²) in [6.45, 7) is 2.65. The summed E-state index contributed by atoms with van der Waals surface area (Å²) in [5.41, 5.74) is 3.49. The predicted molar refractivity (Wildman–Crippen MR) is 91.4 cm³/mol. The topological polar surface area (TPSA) is 42.4 Å². The SMILES string of the molecule is COc1ccc(CCCC(=O)N(C)Cc2ccncc2C)cc1. The molecule has 1 heterocycles. The molecule has 0 aliphatic rings. The van der Waals surface area contributed by atoms with Crippen LogP contribution < -0.4 is 4.74 Å². The summed E-state index contributed by atoms with van der Waals surface area (Å²) in [6.07, 6.45) is 5.91. The van der Waals surface area contributed by atoms with Gasteiger partial charge in [0.15, 0.2) is 0 Å². The van der Waals surface area contributed by atoms with Crippen LogP contribution in [0, 0.1) is 6.92 Å². The van der Waals surface area contributed by atoms with Crippen molar-refractivity contribution < 1.29 is 9.53 Å². The molecule has 0 aliphatic carbocycles. The van der Waals surface area contributed by atoms with Gasteiger partial charge < -0.3 is 9.64 Å². The van der Waals surface area contributed by atoms with E-state index in [1.165, 1.54) is 5.56 Å². The molecule has 0 spiro atoms. The summed E-state index contributed by atoms with van der Waals surface area (Å²) in [5.74, 6) is 1.03. The predicted octanol–water partition coefficient (Wildman–Crippen LogP) is 3.38. The van der Waals surface area contributed by atoms with E-state index >= 15 is 0 Å². The van der Waals surface area contributed by atoms with Gasteiger partial charge in [0.05, 0.1) is 7.11 Å². The van der Waals surface area contributed by atoms with E-state index in [0.717, 1.165) is 29.7 Å². The van der Waals surface area contributed by atoms with Crippen LogP contribution in [-0.4, -0.2) is 29.9 Å². The summed E-state index contributed by atoms with van der Waals surface area (Å²) >= 11 is 0. The van der Waals surface area contributed by atoms with Gasteiger partial charge in [0, 0.05) is 32.4 Å². The van der Waals surface area contributed by atoms with Crippen LogP contribution in [-0.2, 0) is 17.8 Å². The molecule has 0 N–H and O–H groups in total. The Morgan fingerprint density at radius 2 is 1.96 bits per heavy atom. The average Bonchev–Trinajstić information content (AvgIpc) is 2.57. The first-order valence-corrected chi connectivity index (χ1v) is 7.86. The van der Waals surface area contributed by atoms with Crippen LogP contribution >= 0.6 is 0 Å². The fourth-order valence-corrected chi connectivity index (χ4v) is 2.45. The molecular formula is C19H24N2O2. The standard InChI is InChI=1S/C19H24N2O2/c1-15-13-20-12-11-17(15)14-21(2)19(22)6-4-5-16-7-9-18(23-3)10-8-16/h7-13H,4-6,14H2,1-3H3. The Kier molecular flexibility index (Phi) is 6.15. The highest BCUT2D eigenvalue weighted by atomic mass is 16.5. The molecule has 122 valence electrons. The van der Waals surface area contributed by atoms with E-state index in [0.29, 0.717) is 13.0 Å². The number of hydrogen-bond acceptors (Lipinski definition) is 3.